The van der Waals surface area contributed by atoms with Crippen LogP contribution in [0, 0.1) is 20.8 Å². The van der Waals surface area contributed by atoms with E-state index >= 15 is 0 Å². The first-order chi connectivity index (χ1) is 15.3. The van der Waals surface area contributed by atoms with Gasteiger partial charge in [-0.15, -0.1) is 0 Å². The number of carbonyl (C=O) groups is 2. The fraction of sp³-hybridized carbons (Fsp3) is 0.440. The Hall–Kier alpha value is -2.87. The van der Waals surface area contributed by atoms with Gasteiger partial charge in [-0.1, -0.05) is 42.0 Å². The third-order valence-electron chi connectivity index (χ3n) is 5.38. The number of amides is 2. The van der Waals surface area contributed by atoms with Gasteiger partial charge >= 0.3 is 0 Å². The molecular weight excluding hydrogens is 438 g/mol. The lowest BCUT2D eigenvalue weighted by molar-refractivity contribution is -0.139. The van der Waals surface area contributed by atoms with Gasteiger partial charge in [0.15, 0.2) is 0 Å². The lowest BCUT2D eigenvalue weighted by Crippen LogP contribution is -2.52. The molecule has 7 nitrogen and oxygen atoms in total. The summed E-state index contributed by atoms with van der Waals surface area (Å²) < 4.78 is 26.5. The topological polar surface area (TPSA) is 86.8 Å². The Morgan fingerprint density at radius 2 is 1.52 bits per heavy atom. The Balaban J connectivity index is 2.42. The molecule has 0 spiro atoms. The fourth-order valence-corrected chi connectivity index (χ4v) is 4.36. The van der Waals surface area contributed by atoms with Crippen LogP contribution in [0.3, 0.4) is 0 Å². The predicted octanol–water partition coefficient (Wildman–Crippen LogP) is 3.32. The van der Waals surface area contributed by atoms with Gasteiger partial charge in [-0.25, -0.2) is 8.42 Å². The summed E-state index contributed by atoms with van der Waals surface area (Å²) >= 11 is 0. The third-order valence-corrected chi connectivity index (χ3v) is 6.51. The summed E-state index contributed by atoms with van der Waals surface area (Å²) in [4.78, 5) is 27.7. The van der Waals surface area contributed by atoms with Crippen LogP contribution in [0.2, 0.25) is 0 Å². The van der Waals surface area contributed by atoms with Gasteiger partial charge in [0, 0.05) is 12.6 Å². The largest absolute Gasteiger partial charge is 0.352 e. The minimum Gasteiger partial charge on any atom is -0.352 e. The summed E-state index contributed by atoms with van der Waals surface area (Å²) in [6.07, 6.45) is 1.08. The smallest absolute Gasteiger partial charge is 0.244 e. The van der Waals surface area contributed by atoms with Crippen LogP contribution >= 0.6 is 0 Å². The number of carbonyl (C=O) groups excluding carboxylic acids is 2. The minimum absolute atomic E-state index is 0.0845. The highest BCUT2D eigenvalue weighted by atomic mass is 32.2. The molecule has 2 aromatic carbocycles. The van der Waals surface area contributed by atoms with Crippen LogP contribution in [-0.2, 0) is 26.2 Å². The van der Waals surface area contributed by atoms with Crippen molar-refractivity contribution < 1.29 is 18.0 Å². The van der Waals surface area contributed by atoms with Gasteiger partial charge in [-0.05, 0) is 64.3 Å². The lowest BCUT2D eigenvalue weighted by Gasteiger charge is -2.32. The highest BCUT2D eigenvalue weighted by Crippen LogP contribution is 2.24. The van der Waals surface area contributed by atoms with Crippen LogP contribution in [0.15, 0.2) is 42.5 Å². The van der Waals surface area contributed by atoms with Crippen molar-refractivity contribution >= 4 is 27.5 Å². The molecule has 1 atom stereocenters. The third kappa shape index (κ3) is 7.32. The molecule has 0 aromatic heterocycles. The molecule has 180 valence electrons. The molecule has 2 amide bonds. The van der Waals surface area contributed by atoms with Crippen molar-refractivity contribution in [2.45, 2.75) is 60.2 Å². The zero-order valence-corrected chi connectivity index (χ0v) is 21.4. The monoisotopic (exact) mass is 473 g/mol. The van der Waals surface area contributed by atoms with Gasteiger partial charge in [0.1, 0.15) is 12.6 Å². The van der Waals surface area contributed by atoms with Crippen molar-refractivity contribution in [2.24, 2.45) is 0 Å². The Bertz CT molecular complexity index is 1100. The average Bonchev–Trinajstić information content (AvgIpc) is 2.71. The number of anilines is 1. The van der Waals surface area contributed by atoms with E-state index in [4.69, 9.17) is 0 Å². The Morgan fingerprint density at radius 3 is 2.06 bits per heavy atom. The number of hydrogen-bond donors (Lipinski definition) is 1. The number of hydrogen-bond acceptors (Lipinski definition) is 4. The van der Waals surface area contributed by atoms with Crippen LogP contribution in [-0.4, -0.2) is 50.0 Å². The lowest BCUT2D eigenvalue weighted by atomic mass is 10.1. The molecule has 0 saturated carbocycles. The number of aryl methyl sites for hydroxylation is 3. The number of nitrogens with zero attached hydrogens (tertiary/aromatic N) is 2. The second-order valence-electron chi connectivity index (χ2n) is 8.91. The van der Waals surface area contributed by atoms with Gasteiger partial charge in [-0.2, -0.15) is 0 Å². The maximum absolute atomic E-state index is 13.5. The SMILES string of the molecule is Cc1ccc(CN(C(=O)CN(c2cc(C)ccc2C)S(C)(=O)=O)C(C)C(=O)NC(C)C)cc1. The zero-order valence-electron chi connectivity index (χ0n) is 20.5. The first kappa shape index (κ1) is 26.4. The van der Waals surface area contributed by atoms with Crippen LogP contribution in [0.5, 0.6) is 0 Å². The second-order valence-corrected chi connectivity index (χ2v) is 10.8. The van der Waals surface area contributed by atoms with Gasteiger partial charge in [0.2, 0.25) is 21.8 Å². The molecule has 8 heteroatoms. The summed E-state index contributed by atoms with van der Waals surface area (Å²) in [5, 5.41) is 2.84. The van der Waals surface area contributed by atoms with Crippen LogP contribution in [0.4, 0.5) is 5.69 Å². The van der Waals surface area contributed by atoms with E-state index in [9.17, 15) is 18.0 Å². The molecule has 0 aliphatic rings. The molecule has 33 heavy (non-hydrogen) atoms. The Labute approximate surface area is 197 Å². The first-order valence-corrected chi connectivity index (χ1v) is 12.8. The molecule has 0 saturated heterocycles. The van der Waals surface area contributed by atoms with Gasteiger partial charge in [0.25, 0.3) is 0 Å². The number of nitrogens with one attached hydrogen (secondary N) is 1. The molecule has 0 bridgehead atoms. The zero-order chi connectivity index (χ0) is 24.9. The van der Waals surface area contributed by atoms with E-state index in [-0.39, 0.29) is 18.5 Å². The standard InChI is InChI=1S/C25H35N3O4S/c1-17(2)26-25(30)21(6)27(15-22-12-9-18(3)10-13-22)24(29)16-28(33(7,31)32)23-14-19(4)8-11-20(23)5/h8-14,17,21H,15-16H2,1-7H3,(H,26,30). The fourth-order valence-electron chi connectivity index (χ4n) is 3.46. The summed E-state index contributed by atoms with van der Waals surface area (Å²) in [6.45, 7) is 10.8. The molecule has 1 unspecified atom stereocenters. The molecular formula is C25H35N3O4S. The van der Waals surface area contributed by atoms with E-state index in [1.165, 1.54) is 4.90 Å². The molecule has 0 fully saturated rings. The summed E-state index contributed by atoms with van der Waals surface area (Å²) in [5.74, 6) is -0.739. The first-order valence-electron chi connectivity index (χ1n) is 11.0. The molecule has 0 heterocycles. The van der Waals surface area contributed by atoms with Crippen molar-refractivity contribution in [3.05, 3.63) is 64.7 Å². The van der Waals surface area contributed by atoms with E-state index in [0.717, 1.165) is 32.8 Å². The van der Waals surface area contributed by atoms with E-state index < -0.39 is 28.5 Å². The molecule has 1 N–H and O–H groups in total. The number of sulfonamides is 1. The molecule has 0 aliphatic carbocycles. The molecule has 0 radical (unpaired) electrons. The van der Waals surface area contributed by atoms with Gasteiger partial charge in [-0.3, -0.25) is 13.9 Å². The van der Waals surface area contributed by atoms with Crippen molar-refractivity contribution in [1.82, 2.24) is 10.2 Å². The summed E-state index contributed by atoms with van der Waals surface area (Å²) in [5.41, 5.74) is 4.03. The van der Waals surface area contributed by atoms with Gasteiger partial charge < -0.3 is 10.2 Å². The van der Waals surface area contributed by atoms with Crippen LogP contribution in [0.25, 0.3) is 0 Å². The van der Waals surface area contributed by atoms with E-state index in [1.54, 1.807) is 19.9 Å². The van der Waals surface area contributed by atoms with E-state index in [1.807, 2.05) is 64.1 Å². The summed E-state index contributed by atoms with van der Waals surface area (Å²) in [7, 11) is -3.74. The normalized spacial score (nSPS) is 12.4. The van der Waals surface area contributed by atoms with Crippen molar-refractivity contribution in [2.75, 3.05) is 17.1 Å². The van der Waals surface area contributed by atoms with Gasteiger partial charge in [0.05, 0.1) is 11.9 Å². The second kappa shape index (κ2) is 10.8. The molecule has 0 aliphatic heterocycles. The maximum atomic E-state index is 13.5. The van der Waals surface area contributed by atoms with Crippen LogP contribution < -0.4 is 9.62 Å². The average molecular weight is 474 g/mol. The minimum atomic E-state index is -3.74. The Kier molecular flexibility index (Phi) is 8.66. The number of rotatable bonds is 9. The molecule has 2 aromatic rings. The Morgan fingerprint density at radius 1 is 0.939 bits per heavy atom. The predicted molar refractivity (Wildman–Crippen MR) is 133 cm³/mol. The summed E-state index contributed by atoms with van der Waals surface area (Å²) in [6, 6.07) is 12.3. The van der Waals surface area contributed by atoms with Crippen molar-refractivity contribution in [3.8, 4) is 0 Å². The van der Waals surface area contributed by atoms with Crippen molar-refractivity contribution in [3.63, 3.8) is 0 Å². The highest BCUT2D eigenvalue weighted by molar-refractivity contribution is 7.92. The maximum Gasteiger partial charge on any atom is 0.244 e. The van der Waals surface area contributed by atoms with E-state index in [2.05, 4.69) is 5.32 Å². The molecule has 2 rings (SSSR count). The van der Waals surface area contributed by atoms with E-state index in [0.29, 0.717) is 5.69 Å². The number of benzene rings is 2. The van der Waals surface area contributed by atoms with Crippen molar-refractivity contribution in [1.29, 1.82) is 0 Å². The quantitative estimate of drug-likeness (QED) is 0.605. The highest BCUT2D eigenvalue weighted by Gasteiger charge is 2.30. The van der Waals surface area contributed by atoms with Crippen LogP contribution in [0.1, 0.15) is 43.0 Å².